The molecule has 0 saturated carbocycles. The second-order valence-corrected chi connectivity index (χ2v) is 11.9. The van der Waals surface area contributed by atoms with Crippen LogP contribution in [-0.2, 0) is 16.8 Å². The van der Waals surface area contributed by atoms with Gasteiger partial charge in [-0.2, -0.15) is 24.1 Å². The second-order valence-electron chi connectivity index (χ2n) is 6.80. The van der Waals surface area contributed by atoms with Gasteiger partial charge < -0.3 is 6.92 Å². The minimum absolute atomic E-state index is 0. The van der Waals surface area contributed by atoms with Gasteiger partial charge in [-0.15, -0.1) is 18.1 Å². The van der Waals surface area contributed by atoms with Crippen molar-refractivity contribution in [2.24, 2.45) is 0 Å². The Labute approximate surface area is 154 Å². The van der Waals surface area contributed by atoms with Crippen molar-refractivity contribution in [3.63, 3.8) is 0 Å². The standard InChI is InChI=1S/C12H19Si.C9H11.Co/c1-10(2)11-6-8-12(9-7-11)13(3,4)5;1-2-6-9-7-4-3-5-8-9;/h6-10H,1H2,2-5H3;3-8H,2H2,1H3;/q2*-1;+2. The molecular weight excluding hydrogens is 339 g/mol. The van der Waals surface area contributed by atoms with Gasteiger partial charge in [0.2, 0.25) is 0 Å². The molecule has 0 aliphatic heterocycles. The van der Waals surface area contributed by atoms with Gasteiger partial charge in [-0.3, -0.25) is 0 Å². The minimum Gasteiger partial charge on any atom is -0.336 e. The van der Waals surface area contributed by atoms with Gasteiger partial charge in [-0.1, -0.05) is 81.0 Å². The summed E-state index contributed by atoms with van der Waals surface area (Å²) in [4.78, 5) is 0. The molecule has 0 fully saturated rings. The summed E-state index contributed by atoms with van der Waals surface area (Å²) in [6.07, 6.45) is 3.32. The van der Waals surface area contributed by atoms with E-state index < -0.39 is 8.07 Å². The maximum absolute atomic E-state index is 4.01. The molecular formula is C21H30CoSi. The van der Waals surface area contributed by atoms with Crippen molar-refractivity contribution in [1.82, 2.24) is 0 Å². The molecule has 0 bridgehead atoms. The van der Waals surface area contributed by atoms with Crippen LogP contribution in [0.15, 0.2) is 54.6 Å². The van der Waals surface area contributed by atoms with Gasteiger partial charge in [-0.25, -0.2) is 0 Å². The van der Waals surface area contributed by atoms with E-state index in [0.29, 0.717) is 5.92 Å². The van der Waals surface area contributed by atoms with Crippen molar-refractivity contribution >= 4 is 13.3 Å². The monoisotopic (exact) mass is 369 g/mol. The Kier molecular flexibility index (Phi) is 10.3. The summed E-state index contributed by atoms with van der Waals surface area (Å²) in [7, 11) is -1.11. The molecule has 1 unspecified atom stereocenters. The predicted molar refractivity (Wildman–Crippen MR) is 103 cm³/mol. The third-order valence-electron chi connectivity index (χ3n) is 3.59. The van der Waals surface area contributed by atoms with Crippen LogP contribution in [0.25, 0.3) is 0 Å². The topological polar surface area (TPSA) is 0 Å². The zero-order valence-corrected chi connectivity index (χ0v) is 17.1. The molecule has 2 rings (SSSR count). The van der Waals surface area contributed by atoms with Gasteiger partial charge in [0.05, 0.1) is 8.07 Å². The largest absolute Gasteiger partial charge is 2.00 e. The molecule has 1 atom stereocenters. The number of rotatable bonds is 4. The van der Waals surface area contributed by atoms with Crippen LogP contribution in [0.3, 0.4) is 0 Å². The molecule has 2 heteroatoms. The normalized spacial score (nSPS) is 11.6. The fourth-order valence-electron chi connectivity index (χ4n) is 2.14. The van der Waals surface area contributed by atoms with Crippen molar-refractivity contribution in [1.29, 1.82) is 0 Å². The van der Waals surface area contributed by atoms with E-state index in [9.17, 15) is 0 Å². The van der Waals surface area contributed by atoms with E-state index in [1.54, 1.807) is 0 Å². The van der Waals surface area contributed by atoms with Crippen molar-refractivity contribution in [3.8, 4) is 0 Å². The summed E-state index contributed by atoms with van der Waals surface area (Å²) in [5.41, 5.74) is 2.65. The van der Waals surface area contributed by atoms with E-state index in [4.69, 9.17) is 0 Å². The van der Waals surface area contributed by atoms with Gasteiger partial charge in [0.15, 0.2) is 0 Å². The third-order valence-corrected chi connectivity index (χ3v) is 5.65. The van der Waals surface area contributed by atoms with Crippen LogP contribution < -0.4 is 5.19 Å². The molecule has 0 heterocycles. The predicted octanol–water partition coefficient (Wildman–Crippen LogP) is 5.82. The minimum atomic E-state index is -1.11. The first-order valence-electron chi connectivity index (χ1n) is 8.16. The van der Waals surface area contributed by atoms with Gasteiger partial charge in [0.25, 0.3) is 0 Å². The summed E-state index contributed by atoms with van der Waals surface area (Å²) in [6.45, 7) is 15.4. The second kappa shape index (κ2) is 10.7. The van der Waals surface area contributed by atoms with E-state index in [1.165, 1.54) is 16.3 Å². The summed E-state index contributed by atoms with van der Waals surface area (Å²) in [5, 5.41) is 1.52. The van der Waals surface area contributed by atoms with Crippen LogP contribution >= 0.6 is 0 Å². The Morgan fingerprint density at radius 2 is 1.48 bits per heavy atom. The van der Waals surface area contributed by atoms with Gasteiger partial charge in [-0.05, 0) is 0 Å². The summed E-state index contributed by atoms with van der Waals surface area (Å²) >= 11 is 0. The quantitative estimate of drug-likeness (QED) is 0.471. The molecule has 0 aliphatic rings. The van der Waals surface area contributed by atoms with E-state index in [1.807, 2.05) is 6.07 Å². The van der Waals surface area contributed by atoms with Crippen LogP contribution in [0.1, 0.15) is 37.3 Å². The molecule has 127 valence electrons. The van der Waals surface area contributed by atoms with E-state index in [0.717, 1.165) is 6.42 Å². The number of hydrogen-bond acceptors (Lipinski definition) is 0. The van der Waals surface area contributed by atoms with Crippen LogP contribution in [0.5, 0.6) is 0 Å². The maximum atomic E-state index is 4.01. The first kappa shape index (κ1) is 22.0. The smallest absolute Gasteiger partial charge is 0.336 e. The molecule has 2 aromatic rings. The Morgan fingerprint density at radius 3 is 1.87 bits per heavy atom. The third kappa shape index (κ3) is 8.45. The summed E-state index contributed by atoms with van der Waals surface area (Å²) in [6, 6.07) is 19.3. The summed E-state index contributed by atoms with van der Waals surface area (Å²) < 4.78 is 0. The fraction of sp³-hybridized carbons (Fsp3) is 0.333. The Balaban J connectivity index is 0.000000427. The number of hydrogen-bond donors (Lipinski definition) is 0. The molecule has 0 aliphatic carbocycles. The maximum Gasteiger partial charge on any atom is 2.00 e. The zero-order chi connectivity index (χ0) is 16.6. The molecule has 23 heavy (non-hydrogen) atoms. The molecule has 1 radical (unpaired) electrons. The van der Waals surface area contributed by atoms with Crippen LogP contribution in [0, 0.1) is 13.3 Å². The average molecular weight is 369 g/mol. The molecule has 0 spiro atoms. The first-order valence-corrected chi connectivity index (χ1v) is 11.7. The van der Waals surface area contributed by atoms with Crippen LogP contribution in [0.4, 0.5) is 0 Å². The zero-order valence-electron chi connectivity index (χ0n) is 15.1. The SMILES string of the molecule is CC[CH-]c1ccccc1.[CH2-]C(C)c1ccc([Si](C)(C)C)cc1.[Co+2]. The van der Waals surface area contributed by atoms with Gasteiger partial charge >= 0.3 is 16.8 Å². The average Bonchev–Trinajstić information content (AvgIpc) is 2.48. The molecule has 0 saturated heterocycles. The Bertz CT molecular complexity index is 524. The molecule has 0 N–H and O–H groups in total. The van der Waals surface area contributed by atoms with Crippen molar-refractivity contribution < 1.29 is 16.8 Å². The van der Waals surface area contributed by atoms with Gasteiger partial charge in [0.1, 0.15) is 0 Å². The van der Waals surface area contributed by atoms with Crippen molar-refractivity contribution in [2.75, 3.05) is 0 Å². The Hall–Kier alpha value is -0.967. The number of benzene rings is 2. The van der Waals surface area contributed by atoms with Crippen molar-refractivity contribution in [3.05, 3.63) is 79.1 Å². The van der Waals surface area contributed by atoms with Crippen LogP contribution in [0.2, 0.25) is 19.6 Å². The van der Waals surface area contributed by atoms with E-state index in [-0.39, 0.29) is 16.8 Å². The van der Waals surface area contributed by atoms with Crippen molar-refractivity contribution in [2.45, 2.75) is 45.8 Å². The first-order chi connectivity index (χ1) is 10.3. The van der Waals surface area contributed by atoms with E-state index >= 15 is 0 Å². The van der Waals surface area contributed by atoms with E-state index in [2.05, 4.69) is 95.4 Å². The van der Waals surface area contributed by atoms with Crippen LogP contribution in [-0.4, -0.2) is 8.07 Å². The Morgan fingerprint density at radius 1 is 0.957 bits per heavy atom. The molecule has 0 aromatic heterocycles. The fourth-order valence-corrected chi connectivity index (χ4v) is 3.30. The van der Waals surface area contributed by atoms with Gasteiger partial charge in [0, 0.05) is 0 Å². The summed E-state index contributed by atoms with van der Waals surface area (Å²) in [5.74, 6) is 0.399. The molecule has 0 nitrogen and oxygen atoms in total. The molecule has 0 amide bonds. The molecule has 2 aromatic carbocycles.